The molecule has 0 aliphatic carbocycles. The van der Waals surface area contributed by atoms with Crippen molar-refractivity contribution in [2.24, 2.45) is 5.92 Å². The average Bonchev–Trinajstić information content (AvgIpc) is 2.88. The maximum absolute atomic E-state index is 12.2. The largest absolute Gasteiger partial charge is 0.479 e. The maximum atomic E-state index is 12.2. The molecule has 1 fully saturated rings. The molecule has 0 radical (unpaired) electrons. The first-order chi connectivity index (χ1) is 9.95. The fourth-order valence-electron chi connectivity index (χ4n) is 2.63. The van der Waals surface area contributed by atoms with E-state index in [-0.39, 0.29) is 18.4 Å². The summed E-state index contributed by atoms with van der Waals surface area (Å²) >= 11 is 0. The molecule has 2 unspecified atom stereocenters. The zero-order valence-corrected chi connectivity index (χ0v) is 12.5. The zero-order chi connectivity index (χ0) is 15.6. The Balaban J connectivity index is 2.43. The Kier molecular flexibility index (Phi) is 4.62. The van der Waals surface area contributed by atoms with Crippen molar-refractivity contribution in [1.82, 2.24) is 14.5 Å². The Bertz CT molecular complexity index is 526. The first-order valence-corrected chi connectivity index (χ1v) is 7.09. The minimum absolute atomic E-state index is 0.185. The number of aliphatic carboxylic acids is 1. The van der Waals surface area contributed by atoms with Crippen molar-refractivity contribution in [2.75, 3.05) is 13.2 Å². The van der Waals surface area contributed by atoms with Gasteiger partial charge in [0.05, 0.1) is 18.2 Å². The maximum Gasteiger partial charge on any atom is 0.335 e. The number of carbonyl (C=O) groups excluding carboxylic acids is 1. The molecule has 1 aliphatic heterocycles. The summed E-state index contributed by atoms with van der Waals surface area (Å²) in [6.45, 7) is 6.88. The first kappa shape index (κ1) is 15.5. The summed E-state index contributed by atoms with van der Waals surface area (Å²) in [5.41, 5.74) is 0.693. The van der Waals surface area contributed by atoms with Crippen LogP contribution in [-0.4, -0.2) is 50.7 Å². The highest BCUT2D eigenvalue weighted by molar-refractivity contribution is 5.82. The molecule has 0 saturated carbocycles. The van der Waals surface area contributed by atoms with E-state index in [2.05, 4.69) is 4.98 Å². The number of aromatic nitrogens is 2. The number of carbonyl (C=O) groups is 2. The molecule has 1 N–H and O–H groups in total. The number of nitrogens with zero attached hydrogens (tertiary/aromatic N) is 3. The van der Waals surface area contributed by atoms with Gasteiger partial charge in [0.25, 0.3) is 0 Å². The van der Waals surface area contributed by atoms with Gasteiger partial charge in [-0.15, -0.1) is 0 Å². The molecule has 2 heterocycles. The average molecular weight is 295 g/mol. The second kappa shape index (κ2) is 6.26. The summed E-state index contributed by atoms with van der Waals surface area (Å²) < 4.78 is 7.11. The second-order valence-corrected chi connectivity index (χ2v) is 5.56. The lowest BCUT2D eigenvalue weighted by Gasteiger charge is -2.40. The predicted molar refractivity (Wildman–Crippen MR) is 74.6 cm³/mol. The first-order valence-electron chi connectivity index (χ1n) is 7.09. The summed E-state index contributed by atoms with van der Waals surface area (Å²) in [5.74, 6) is -1.01. The number of rotatable bonds is 5. The third-order valence-corrected chi connectivity index (χ3v) is 3.52. The minimum Gasteiger partial charge on any atom is -0.479 e. The molecular formula is C14H21N3O4. The van der Waals surface area contributed by atoms with Crippen LogP contribution in [0.2, 0.25) is 0 Å². The van der Waals surface area contributed by atoms with Crippen LogP contribution in [0.3, 0.4) is 0 Å². The Morgan fingerprint density at radius 3 is 2.86 bits per heavy atom. The monoisotopic (exact) mass is 295 g/mol. The lowest BCUT2D eigenvalue weighted by atomic mass is 10.0. The number of carboxylic acid groups (broad SMARTS) is 1. The smallest absolute Gasteiger partial charge is 0.335 e. The fourth-order valence-corrected chi connectivity index (χ4v) is 2.63. The third-order valence-electron chi connectivity index (χ3n) is 3.52. The van der Waals surface area contributed by atoms with Crippen LogP contribution in [-0.2, 0) is 20.9 Å². The number of carboxylic acids is 1. The SMILES string of the molecule is CCn1cncc1C1C(C(=O)O)OCC(=O)N1CC(C)C. The lowest BCUT2D eigenvalue weighted by molar-refractivity contribution is -0.174. The Labute approximate surface area is 123 Å². The summed E-state index contributed by atoms with van der Waals surface area (Å²) in [4.78, 5) is 29.4. The highest BCUT2D eigenvalue weighted by atomic mass is 16.5. The molecule has 116 valence electrons. The van der Waals surface area contributed by atoms with E-state index in [1.807, 2.05) is 25.3 Å². The van der Waals surface area contributed by atoms with Crippen molar-refractivity contribution in [3.8, 4) is 0 Å². The Morgan fingerprint density at radius 1 is 1.57 bits per heavy atom. The normalized spacial score (nSPS) is 22.9. The molecule has 7 nitrogen and oxygen atoms in total. The van der Waals surface area contributed by atoms with E-state index in [4.69, 9.17) is 4.74 Å². The molecule has 0 bridgehead atoms. The van der Waals surface area contributed by atoms with Crippen molar-refractivity contribution in [3.63, 3.8) is 0 Å². The van der Waals surface area contributed by atoms with Gasteiger partial charge in [0.1, 0.15) is 12.6 Å². The van der Waals surface area contributed by atoms with Gasteiger partial charge in [0.2, 0.25) is 5.91 Å². The fraction of sp³-hybridized carbons (Fsp3) is 0.643. The predicted octanol–water partition coefficient (Wildman–Crippen LogP) is 0.912. The van der Waals surface area contributed by atoms with E-state index in [0.717, 1.165) is 0 Å². The van der Waals surface area contributed by atoms with Crippen LogP contribution >= 0.6 is 0 Å². The molecule has 1 saturated heterocycles. The van der Waals surface area contributed by atoms with Gasteiger partial charge >= 0.3 is 5.97 Å². The zero-order valence-electron chi connectivity index (χ0n) is 12.5. The summed E-state index contributed by atoms with van der Waals surface area (Å²) in [6.07, 6.45) is 2.18. The van der Waals surface area contributed by atoms with Crippen LogP contribution in [0.15, 0.2) is 12.5 Å². The number of amides is 1. The second-order valence-electron chi connectivity index (χ2n) is 5.56. The van der Waals surface area contributed by atoms with Gasteiger partial charge in [0.15, 0.2) is 6.10 Å². The minimum atomic E-state index is -1.07. The summed E-state index contributed by atoms with van der Waals surface area (Å²) in [7, 11) is 0. The van der Waals surface area contributed by atoms with Crippen LogP contribution < -0.4 is 0 Å². The van der Waals surface area contributed by atoms with E-state index in [9.17, 15) is 14.7 Å². The topological polar surface area (TPSA) is 84.7 Å². The summed E-state index contributed by atoms with van der Waals surface area (Å²) in [5, 5.41) is 9.42. The Morgan fingerprint density at radius 2 is 2.29 bits per heavy atom. The van der Waals surface area contributed by atoms with Gasteiger partial charge in [-0.05, 0) is 12.8 Å². The van der Waals surface area contributed by atoms with Crippen molar-refractivity contribution in [1.29, 1.82) is 0 Å². The number of aryl methyl sites for hydroxylation is 1. The molecule has 21 heavy (non-hydrogen) atoms. The molecule has 1 amide bonds. The quantitative estimate of drug-likeness (QED) is 0.873. The lowest BCUT2D eigenvalue weighted by Crippen LogP contribution is -2.53. The number of hydrogen-bond donors (Lipinski definition) is 1. The van der Waals surface area contributed by atoms with E-state index >= 15 is 0 Å². The molecule has 2 atom stereocenters. The summed E-state index contributed by atoms with van der Waals surface area (Å²) in [6, 6.07) is -0.645. The van der Waals surface area contributed by atoms with E-state index in [1.165, 1.54) is 0 Å². The number of morpholine rings is 1. The molecule has 0 aromatic carbocycles. The van der Waals surface area contributed by atoms with Crippen LogP contribution in [0.5, 0.6) is 0 Å². The Hall–Kier alpha value is -1.89. The highest BCUT2D eigenvalue weighted by Gasteiger charge is 2.43. The van der Waals surface area contributed by atoms with Crippen molar-refractivity contribution >= 4 is 11.9 Å². The van der Waals surface area contributed by atoms with E-state index in [1.54, 1.807) is 17.4 Å². The third kappa shape index (κ3) is 3.07. The van der Waals surface area contributed by atoms with Crippen LogP contribution in [0.4, 0.5) is 0 Å². The van der Waals surface area contributed by atoms with Crippen LogP contribution in [0.1, 0.15) is 32.5 Å². The van der Waals surface area contributed by atoms with Gasteiger partial charge in [0, 0.05) is 13.1 Å². The number of hydrogen-bond acceptors (Lipinski definition) is 4. The molecule has 7 heteroatoms. The van der Waals surface area contributed by atoms with Gasteiger partial charge in [-0.1, -0.05) is 13.8 Å². The highest BCUT2D eigenvalue weighted by Crippen LogP contribution is 2.31. The number of imidazole rings is 1. The molecule has 1 aromatic heterocycles. The van der Waals surface area contributed by atoms with Gasteiger partial charge in [-0.2, -0.15) is 0 Å². The van der Waals surface area contributed by atoms with Crippen LogP contribution in [0.25, 0.3) is 0 Å². The standard InChI is InChI=1S/C14H21N3O4/c1-4-16-8-15-5-10(16)12-13(14(19)20)21-7-11(18)17(12)6-9(2)3/h5,8-9,12-13H,4,6-7H2,1-3H3,(H,19,20). The molecule has 2 rings (SSSR count). The molecular weight excluding hydrogens is 274 g/mol. The number of ether oxygens (including phenoxy) is 1. The van der Waals surface area contributed by atoms with Gasteiger partial charge in [-0.3, -0.25) is 4.79 Å². The van der Waals surface area contributed by atoms with Crippen molar-refractivity contribution < 1.29 is 19.4 Å². The van der Waals surface area contributed by atoms with Crippen LogP contribution in [0, 0.1) is 5.92 Å². The molecule has 1 aliphatic rings. The van der Waals surface area contributed by atoms with Crippen molar-refractivity contribution in [2.45, 2.75) is 39.5 Å². The van der Waals surface area contributed by atoms with Crippen molar-refractivity contribution in [3.05, 3.63) is 18.2 Å². The molecule has 0 spiro atoms. The van der Waals surface area contributed by atoms with Gasteiger partial charge < -0.3 is 19.3 Å². The van der Waals surface area contributed by atoms with Gasteiger partial charge in [-0.25, -0.2) is 9.78 Å². The van der Waals surface area contributed by atoms with E-state index < -0.39 is 18.1 Å². The molecule has 1 aromatic rings. The van der Waals surface area contributed by atoms with E-state index in [0.29, 0.717) is 18.8 Å².